The summed E-state index contributed by atoms with van der Waals surface area (Å²) in [5.74, 6) is 0.535. The van der Waals surface area contributed by atoms with Crippen molar-refractivity contribution >= 4 is 35.5 Å². The van der Waals surface area contributed by atoms with Crippen LogP contribution in [0.4, 0.5) is 19.7 Å². The number of carbonyl (C=O) groups is 3. The second-order valence-corrected chi connectivity index (χ2v) is 13.4. The minimum absolute atomic E-state index is 0.00541. The van der Waals surface area contributed by atoms with Crippen molar-refractivity contribution in [3.63, 3.8) is 0 Å². The molecule has 0 aromatic heterocycles. The van der Waals surface area contributed by atoms with Crippen LogP contribution in [-0.2, 0) is 22.6 Å². The van der Waals surface area contributed by atoms with Crippen LogP contribution >= 0.6 is 11.8 Å². The van der Waals surface area contributed by atoms with E-state index in [0.29, 0.717) is 44.0 Å². The predicted molar refractivity (Wildman–Crippen MR) is 167 cm³/mol. The number of esters is 1. The van der Waals surface area contributed by atoms with Crippen LogP contribution in [0.25, 0.3) is 0 Å². The molecular weight excluding hydrogens is 571 g/mol. The Balaban J connectivity index is 1.48. The molecule has 9 nitrogen and oxygen atoms in total. The monoisotopic (exact) mass is 614 g/mol. The van der Waals surface area contributed by atoms with E-state index in [-0.39, 0.29) is 36.3 Å². The molecule has 2 aromatic carbocycles. The Morgan fingerprint density at radius 2 is 1.63 bits per heavy atom. The summed E-state index contributed by atoms with van der Waals surface area (Å²) in [5, 5.41) is 0. The van der Waals surface area contributed by atoms with Gasteiger partial charge in [-0.1, -0.05) is 18.2 Å². The summed E-state index contributed by atoms with van der Waals surface area (Å²) < 4.78 is 25.4. The van der Waals surface area contributed by atoms with Crippen molar-refractivity contribution in [3.8, 4) is 0 Å². The van der Waals surface area contributed by atoms with E-state index in [9.17, 15) is 14.4 Å². The van der Waals surface area contributed by atoms with Gasteiger partial charge in [0.15, 0.2) is 0 Å². The number of urea groups is 1. The van der Waals surface area contributed by atoms with Gasteiger partial charge < -0.3 is 19.3 Å². The van der Waals surface area contributed by atoms with Gasteiger partial charge in [0.05, 0.1) is 19.2 Å². The van der Waals surface area contributed by atoms with E-state index in [0.717, 1.165) is 23.1 Å². The van der Waals surface area contributed by atoms with E-state index in [4.69, 9.17) is 9.47 Å². The van der Waals surface area contributed by atoms with Gasteiger partial charge in [0.25, 0.3) is 0 Å². The molecule has 43 heavy (non-hydrogen) atoms. The number of nitrogens with zero attached hydrogens (tertiary/aromatic N) is 4. The lowest BCUT2D eigenvalue weighted by molar-refractivity contribution is -0.0162. The first-order chi connectivity index (χ1) is 20.4. The Kier molecular flexibility index (Phi) is 10.6. The molecule has 11 heteroatoms. The maximum Gasteiger partial charge on any atom is 0.410 e. The minimum Gasteiger partial charge on any atom is -0.465 e. The Labute approximate surface area is 258 Å². The molecule has 0 saturated carbocycles. The van der Waals surface area contributed by atoms with Crippen LogP contribution in [0, 0.1) is 5.82 Å². The summed E-state index contributed by atoms with van der Waals surface area (Å²) in [7, 11) is 1.25. The van der Waals surface area contributed by atoms with Crippen molar-refractivity contribution < 1.29 is 28.2 Å². The largest absolute Gasteiger partial charge is 0.465 e. The third-order valence-corrected chi connectivity index (χ3v) is 8.51. The molecule has 0 radical (unpaired) electrons. The highest BCUT2D eigenvalue weighted by Gasteiger charge is 2.35. The Morgan fingerprint density at radius 1 is 1.00 bits per heavy atom. The second kappa shape index (κ2) is 14.0. The van der Waals surface area contributed by atoms with Crippen molar-refractivity contribution in [3.05, 3.63) is 65.0 Å². The van der Waals surface area contributed by atoms with Crippen LogP contribution in [-0.4, -0.2) is 95.3 Å². The fourth-order valence-electron chi connectivity index (χ4n) is 5.56. The fraction of sp³-hybridized carbons (Fsp3) is 0.531. The number of hydrogen-bond donors (Lipinski definition) is 0. The van der Waals surface area contributed by atoms with E-state index >= 15 is 4.39 Å². The van der Waals surface area contributed by atoms with Crippen LogP contribution in [0.5, 0.6) is 0 Å². The van der Waals surface area contributed by atoms with Crippen molar-refractivity contribution in [2.75, 3.05) is 49.7 Å². The lowest BCUT2D eigenvalue weighted by atomic mass is 10.1. The van der Waals surface area contributed by atoms with Gasteiger partial charge in [-0.15, -0.1) is 0 Å². The van der Waals surface area contributed by atoms with E-state index in [1.165, 1.54) is 19.2 Å². The van der Waals surface area contributed by atoms with Gasteiger partial charge in [-0.3, -0.25) is 9.80 Å². The molecule has 2 saturated heterocycles. The van der Waals surface area contributed by atoms with Gasteiger partial charge in [-0.05, 0) is 64.4 Å². The number of halogens is 1. The molecule has 0 N–H and O–H groups in total. The van der Waals surface area contributed by atoms with Crippen LogP contribution in [0.2, 0.25) is 0 Å². The molecule has 2 aliphatic rings. The second-order valence-electron chi connectivity index (χ2n) is 12.2. The smallest absolute Gasteiger partial charge is 0.410 e. The quantitative estimate of drug-likeness (QED) is 0.391. The van der Waals surface area contributed by atoms with Crippen molar-refractivity contribution in [2.24, 2.45) is 0 Å². The molecule has 2 heterocycles. The molecular formula is C32H43FN4O5S. The summed E-state index contributed by atoms with van der Waals surface area (Å²) in [6.07, 6.45) is -0.287. The van der Waals surface area contributed by atoms with Crippen molar-refractivity contribution in [1.82, 2.24) is 14.7 Å². The molecule has 2 aromatic rings. The van der Waals surface area contributed by atoms with Gasteiger partial charge in [0, 0.05) is 67.6 Å². The number of ether oxygens (including phenoxy) is 2. The summed E-state index contributed by atoms with van der Waals surface area (Å²) >= 11 is 1.81. The lowest BCUT2D eigenvalue weighted by Crippen LogP contribution is -2.59. The maximum absolute atomic E-state index is 15.1. The van der Waals surface area contributed by atoms with Crippen LogP contribution in [0.3, 0.4) is 0 Å². The zero-order valence-electron chi connectivity index (χ0n) is 26.0. The van der Waals surface area contributed by atoms with Gasteiger partial charge in [0.2, 0.25) is 0 Å². The van der Waals surface area contributed by atoms with E-state index in [2.05, 4.69) is 4.90 Å². The van der Waals surface area contributed by atoms with Crippen molar-refractivity contribution in [2.45, 2.75) is 65.4 Å². The topological polar surface area (TPSA) is 82.6 Å². The number of anilines is 1. The number of methoxy groups -OCH3 is 1. The number of thioether (sulfide) groups is 1. The highest BCUT2D eigenvalue weighted by atomic mass is 32.2. The van der Waals surface area contributed by atoms with Gasteiger partial charge in [-0.25, -0.2) is 18.8 Å². The first-order valence-corrected chi connectivity index (χ1v) is 15.8. The zero-order chi connectivity index (χ0) is 31.3. The average molecular weight is 615 g/mol. The van der Waals surface area contributed by atoms with Gasteiger partial charge in [0.1, 0.15) is 11.4 Å². The molecule has 2 aliphatic heterocycles. The summed E-state index contributed by atoms with van der Waals surface area (Å²) in [4.78, 5) is 45.9. The Bertz CT molecular complexity index is 1280. The number of amides is 3. The lowest BCUT2D eigenvalue weighted by Gasteiger charge is -2.44. The molecule has 0 unspecified atom stereocenters. The predicted octanol–water partition coefficient (Wildman–Crippen LogP) is 5.62. The normalized spacial score (nSPS) is 19.6. The van der Waals surface area contributed by atoms with Gasteiger partial charge in [-0.2, -0.15) is 11.8 Å². The third kappa shape index (κ3) is 8.41. The fourth-order valence-corrected chi connectivity index (χ4v) is 6.46. The van der Waals surface area contributed by atoms with Crippen LogP contribution in [0.15, 0.2) is 42.5 Å². The molecule has 2 atom stereocenters. The van der Waals surface area contributed by atoms with Crippen molar-refractivity contribution in [1.29, 1.82) is 0 Å². The highest BCUT2D eigenvalue weighted by Crippen LogP contribution is 2.26. The van der Waals surface area contributed by atoms with E-state index in [1.54, 1.807) is 9.80 Å². The number of carbonyl (C=O) groups excluding carboxylic acids is 3. The standard InChI is InChI=1S/C32H43FN4O5S/c1-22-18-34(19-23(2)37(22)31(40)42-32(3,4)5)20-24-7-11-27(12-8-24)36(30(39)35-13-15-43-16-14-35)21-26-10-9-25(17-28(26)33)29(38)41-6/h7-12,17,22-23H,13-16,18-21H2,1-6H3/t22-,23+. The minimum atomic E-state index is -0.616. The average Bonchev–Trinajstić information content (AvgIpc) is 2.95. The molecule has 0 aliphatic carbocycles. The van der Waals surface area contributed by atoms with E-state index in [1.807, 2.05) is 75.5 Å². The SMILES string of the molecule is COC(=O)c1ccc(CN(C(=O)N2CCSCC2)c2ccc(CN3C[C@@H](C)N(C(=O)OC(C)(C)C)[C@@H](C)C3)cc2)c(F)c1. The molecule has 3 amide bonds. The van der Waals surface area contributed by atoms with E-state index < -0.39 is 17.4 Å². The first kappa shape index (κ1) is 32.6. The molecule has 4 rings (SSSR count). The molecule has 0 spiro atoms. The first-order valence-electron chi connectivity index (χ1n) is 14.7. The van der Waals surface area contributed by atoms with Crippen LogP contribution < -0.4 is 4.90 Å². The summed E-state index contributed by atoms with van der Waals surface area (Å²) in [5.41, 5.74) is 1.62. The third-order valence-electron chi connectivity index (χ3n) is 7.57. The van der Waals surface area contributed by atoms with Crippen LogP contribution in [0.1, 0.15) is 56.1 Å². The summed E-state index contributed by atoms with van der Waals surface area (Å²) in [6.45, 7) is 13.1. The number of hydrogen-bond acceptors (Lipinski definition) is 7. The number of piperazine rings is 1. The molecule has 234 valence electrons. The number of rotatable bonds is 6. The molecule has 0 bridgehead atoms. The maximum atomic E-state index is 15.1. The summed E-state index contributed by atoms with van der Waals surface area (Å²) in [6, 6.07) is 11.8. The zero-order valence-corrected chi connectivity index (χ0v) is 26.8. The Hall–Kier alpha value is -3.31. The number of benzene rings is 2. The highest BCUT2D eigenvalue weighted by molar-refractivity contribution is 7.99. The van der Waals surface area contributed by atoms with Gasteiger partial charge >= 0.3 is 18.1 Å². The molecule has 2 fully saturated rings. The Morgan fingerprint density at radius 3 is 2.19 bits per heavy atom.